The molecule has 1 aliphatic rings. The van der Waals surface area contributed by atoms with Gasteiger partial charge in [0.05, 0.1) is 12.1 Å². The zero-order valence-corrected chi connectivity index (χ0v) is 18.2. The highest BCUT2D eigenvalue weighted by Gasteiger charge is 2.38. The highest BCUT2D eigenvalue weighted by Crippen LogP contribution is 2.47. The summed E-state index contributed by atoms with van der Waals surface area (Å²) in [7, 11) is 4.17. The molecule has 0 N–H and O–H groups in total. The fraction of sp³-hybridized carbons (Fsp3) is 0.320. The molecule has 1 aliphatic heterocycles. The minimum absolute atomic E-state index is 0.102. The number of thiophene rings is 1. The summed E-state index contributed by atoms with van der Waals surface area (Å²) < 4.78 is 6.65. The molecule has 2 aromatic carbocycles. The van der Waals surface area contributed by atoms with Gasteiger partial charge in [0.2, 0.25) is 0 Å². The van der Waals surface area contributed by atoms with E-state index in [0.29, 0.717) is 6.42 Å². The van der Waals surface area contributed by atoms with Gasteiger partial charge >= 0.3 is 0 Å². The van der Waals surface area contributed by atoms with Crippen molar-refractivity contribution in [2.24, 2.45) is 0 Å². The van der Waals surface area contributed by atoms with Crippen molar-refractivity contribution in [1.82, 2.24) is 4.90 Å². The first-order valence-corrected chi connectivity index (χ1v) is 10.8. The molecule has 0 radical (unpaired) electrons. The molecule has 4 heteroatoms. The summed E-state index contributed by atoms with van der Waals surface area (Å²) in [5, 5.41) is 0. The average molecular weight is 406 g/mol. The summed E-state index contributed by atoms with van der Waals surface area (Å²) in [4.78, 5) is 17.6. The predicted molar refractivity (Wildman–Crippen MR) is 119 cm³/mol. The fourth-order valence-electron chi connectivity index (χ4n) is 4.36. The summed E-state index contributed by atoms with van der Waals surface area (Å²) in [6.45, 7) is 4.07. The number of carbonyl (C=O) groups excluding carboxylic acids is 1. The van der Waals surface area contributed by atoms with Gasteiger partial charge in [-0.05, 0) is 50.7 Å². The molecule has 4 rings (SSSR count). The minimum atomic E-state index is -0.250. The molecule has 0 spiro atoms. The van der Waals surface area contributed by atoms with Crippen LogP contribution >= 0.6 is 11.3 Å². The third kappa shape index (κ3) is 3.93. The number of rotatable bonds is 5. The zero-order chi connectivity index (χ0) is 20.5. The van der Waals surface area contributed by atoms with Gasteiger partial charge in [0, 0.05) is 21.7 Å². The van der Waals surface area contributed by atoms with Crippen LogP contribution < -0.4 is 0 Å². The third-order valence-corrected chi connectivity index (χ3v) is 6.62. The minimum Gasteiger partial charge on any atom is -0.363 e. The van der Waals surface area contributed by atoms with Gasteiger partial charge in [0.1, 0.15) is 6.10 Å². The second-order valence-electron chi connectivity index (χ2n) is 7.95. The SMILES string of the molecule is Cc1cc(C(=O)C[C@@H]2O[C@H](c3ccccc3)[C@@H](N(C)C)c3ccccc32)c(C)s1. The maximum absolute atomic E-state index is 13.1. The third-order valence-electron chi connectivity index (χ3n) is 5.66. The lowest BCUT2D eigenvalue weighted by molar-refractivity contribution is -0.0718. The van der Waals surface area contributed by atoms with Gasteiger partial charge in [-0.25, -0.2) is 0 Å². The van der Waals surface area contributed by atoms with Gasteiger partial charge in [0.25, 0.3) is 0 Å². The van der Waals surface area contributed by atoms with Gasteiger partial charge in [0.15, 0.2) is 5.78 Å². The van der Waals surface area contributed by atoms with E-state index in [2.05, 4.69) is 49.3 Å². The van der Waals surface area contributed by atoms with Crippen LogP contribution in [0.1, 0.15) is 61.5 Å². The van der Waals surface area contributed by atoms with E-state index < -0.39 is 0 Å². The molecule has 0 unspecified atom stereocenters. The van der Waals surface area contributed by atoms with E-state index >= 15 is 0 Å². The Hall–Kier alpha value is -2.27. The molecule has 0 saturated heterocycles. The van der Waals surface area contributed by atoms with Crippen LogP contribution in [-0.2, 0) is 4.74 Å². The number of Topliss-reactive ketones (excluding diaryl/α,β-unsaturated/α-hetero) is 1. The van der Waals surface area contributed by atoms with E-state index in [-0.39, 0.29) is 24.0 Å². The topological polar surface area (TPSA) is 29.5 Å². The lowest BCUT2D eigenvalue weighted by atomic mass is 9.84. The van der Waals surface area contributed by atoms with Gasteiger partial charge < -0.3 is 4.74 Å². The second kappa shape index (κ2) is 8.23. The van der Waals surface area contributed by atoms with Crippen molar-refractivity contribution >= 4 is 17.1 Å². The maximum Gasteiger partial charge on any atom is 0.166 e. The number of aryl methyl sites for hydroxylation is 2. The van der Waals surface area contributed by atoms with Crippen molar-refractivity contribution in [1.29, 1.82) is 0 Å². The number of nitrogens with zero attached hydrogens (tertiary/aromatic N) is 1. The molecule has 3 nitrogen and oxygen atoms in total. The van der Waals surface area contributed by atoms with Crippen LogP contribution in [0.15, 0.2) is 60.7 Å². The monoisotopic (exact) mass is 405 g/mol. The van der Waals surface area contributed by atoms with E-state index in [4.69, 9.17) is 4.74 Å². The Labute approximate surface area is 176 Å². The molecule has 0 bridgehead atoms. The molecule has 0 fully saturated rings. The van der Waals surface area contributed by atoms with E-state index in [1.807, 2.05) is 44.2 Å². The van der Waals surface area contributed by atoms with Gasteiger partial charge in [-0.15, -0.1) is 11.3 Å². The summed E-state index contributed by atoms with van der Waals surface area (Å²) in [6.07, 6.45) is -0.0127. The van der Waals surface area contributed by atoms with Gasteiger partial charge in [-0.2, -0.15) is 0 Å². The number of benzene rings is 2. The van der Waals surface area contributed by atoms with E-state index in [0.717, 1.165) is 21.6 Å². The number of ketones is 1. The van der Waals surface area contributed by atoms with Crippen LogP contribution in [-0.4, -0.2) is 24.8 Å². The highest BCUT2D eigenvalue weighted by molar-refractivity contribution is 7.12. The summed E-state index contributed by atoms with van der Waals surface area (Å²) in [5.74, 6) is 0.154. The predicted octanol–water partition coefficient (Wildman–Crippen LogP) is 6.05. The molecule has 29 heavy (non-hydrogen) atoms. The maximum atomic E-state index is 13.1. The number of likely N-dealkylation sites (N-methyl/N-ethyl adjacent to an activating group) is 1. The normalized spacial score (nSPS) is 21.2. The molecular weight excluding hydrogens is 378 g/mol. The van der Waals surface area contributed by atoms with Crippen LogP contribution in [0.3, 0.4) is 0 Å². The Morgan fingerprint density at radius 3 is 2.28 bits per heavy atom. The van der Waals surface area contributed by atoms with E-state index in [9.17, 15) is 4.79 Å². The molecule has 0 saturated carbocycles. The van der Waals surface area contributed by atoms with Crippen LogP contribution in [0.4, 0.5) is 0 Å². The Kier molecular flexibility index (Phi) is 5.68. The Bertz CT molecular complexity index is 1010. The largest absolute Gasteiger partial charge is 0.363 e. The van der Waals surface area contributed by atoms with E-state index in [1.54, 1.807) is 11.3 Å². The Morgan fingerprint density at radius 2 is 1.66 bits per heavy atom. The van der Waals surface area contributed by atoms with Crippen LogP contribution in [0.5, 0.6) is 0 Å². The first-order chi connectivity index (χ1) is 14.0. The number of carbonyl (C=O) groups is 1. The first-order valence-electron chi connectivity index (χ1n) is 10.0. The summed E-state index contributed by atoms with van der Waals surface area (Å²) >= 11 is 1.68. The molecule has 2 heterocycles. The number of hydrogen-bond acceptors (Lipinski definition) is 4. The lowest BCUT2D eigenvalue weighted by Crippen LogP contribution is -2.34. The average Bonchev–Trinajstić information content (AvgIpc) is 3.06. The second-order valence-corrected chi connectivity index (χ2v) is 9.41. The van der Waals surface area contributed by atoms with Crippen LogP contribution in [0.25, 0.3) is 0 Å². The van der Waals surface area contributed by atoms with Crippen molar-refractivity contribution < 1.29 is 9.53 Å². The van der Waals surface area contributed by atoms with Crippen molar-refractivity contribution in [3.63, 3.8) is 0 Å². The van der Waals surface area contributed by atoms with E-state index in [1.165, 1.54) is 10.4 Å². The van der Waals surface area contributed by atoms with Gasteiger partial charge in [-0.1, -0.05) is 54.6 Å². The molecule has 150 valence electrons. The quantitative estimate of drug-likeness (QED) is 0.484. The summed E-state index contributed by atoms with van der Waals surface area (Å²) in [6, 6.07) is 20.8. The van der Waals surface area contributed by atoms with Crippen LogP contribution in [0.2, 0.25) is 0 Å². The number of hydrogen-bond donors (Lipinski definition) is 0. The molecule has 0 aliphatic carbocycles. The fourth-order valence-corrected chi connectivity index (χ4v) is 5.30. The first kappa shape index (κ1) is 20.0. The number of ether oxygens (including phenoxy) is 1. The summed E-state index contributed by atoms with van der Waals surface area (Å²) in [5.41, 5.74) is 4.34. The van der Waals surface area contributed by atoms with Crippen LogP contribution in [0, 0.1) is 13.8 Å². The standard InChI is InChI=1S/C25H27NO2S/c1-16-14-21(17(2)29-16)22(27)15-23-19-12-8-9-13-20(19)24(26(3)4)25(28-23)18-10-6-5-7-11-18/h5-14,23-25H,15H2,1-4H3/t23-,24-,25+/m0/s1. The molecule has 3 atom stereocenters. The molecule has 0 amide bonds. The Balaban J connectivity index is 1.73. The van der Waals surface area contributed by atoms with Crippen molar-refractivity contribution in [3.8, 4) is 0 Å². The lowest BCUT2D eigenvalue weighted by Gasteiger charge is -2.41. The van der Waals surface area contributed by atoms with Crippen molar-refractivity contribution in [2.75, 3.05) is 14.1 Å². The number of fused-ring (bicyclic) bond motifs is 1. The van der Waals surface area contributed by atoms with Crippen molar-refractivity contribution in [3.05, 3.63) is 92.7 Å². The van der Waals surface area contributed by atoms with Gasteiger partial charge in [-0.3, -0.25) is 9.69 Å². The zero-order valence-electron chi connectivity index (χ0n) is 17.4. The highest BCUT2D eigenvalue weighted by atomic mass is 32.1. The Morgan fingerprint density at radius 1 is 1.00 bits per heavy atom. The van der Waals surface area contributed by atoms with Crippen molar-refractivity contribution in [2.45, 2.75) is 38.5 Å². The smallest absolute Gasteiger partial charge is 0.166 e. The molecular formula is C25H27NO2S. The molecule has 3 aromatic rings. The molecule has 1 aromatic heterocycles.